The maximum Gasteiger partial charge on any atom is 0.0206 e. The van der Waals surface area contributed by atoms with E-state index in [1.54, 1.807) is 0 Å². The molecule has 0 saturated carbocycles. The second-order valence-corrected chi connectivity index (χ2v) is 3.62. The van der Waals surface area contributed by atoms with Crippen molar-refractivity contribution in [1.29, 1.82) is 0 Å². The van der Waals surface area contributed by atoms with E-state index in [9.17, 15) is 0 Å². The second-order valence-electron chi connectivity index (χ2n) is 2.27. The Morgan fingerprint density at radius 2 is 2.50 bits per heavy atom. The molecule has 0 aromatic carbocycles. The highest BCUT2D eigenvalue weighted by atomic mass is 32.2. The van der Waals surface area contributed by atoms with E-state index in [1.807, 2.05) is 11.8 Å². The standard InChI is InChI=1S/C6H13NS/c1-2-5(7)6-3-4-8-6/h5-6H,2-4,7H2,1H3. The first-order chi connectivity index (χ1) is 3.84. The summed E-state index contributed by atoms with van der Waals surface area (Å²) >= 11 is 2.01. The molecule has 0 spiro atoms. The molecule has 8 heavy (non-hydrogen) atoms. The van der Waals surface area contributed by atoms with Crippen LogP contribution in [0.15, 0.2) is 0 Å². The Morgan fingerprint density at radius 3 is 2.62 bits per heavy atom. The topological polar surface area (TPSA) is 26.0 Å². The molecule has 48 valence electrons. The first-order valence-corrected chi connectivity index (χ1v) is 4.26. The normalized spacial score (nSPS) is 31.5. The molecule has 0 bridgehead atoms. The van der Waals surface area contributed by atoms with E-state index in [4.69, 9.17) is 5.73 Å². The molecule has 2 atom stereocenters. The van der Waals surface area contributed by atoms with Crippen molar-refractivity contribution in [2.24, 2.45) is 5.73 Å². The van der Waals surface area contributed by atoms with Gasteiger partial charge >= 0.3 is 0 Å². The van der Waals surface area contributed by atoms with Crippen molar-refractivity contribution in [3.63, 3.8) is 0 Å². The van der Waals surface area contributed by atoms with Gasteiger partial charge < -0.3 is 5.73 Å². The molecule has 1 saturated heterocycles. The van der Waals surface area contributed by atoms with Crippen molar-refractivity contribution in [1.82, 2.24) is 0 Å². The Kier molecular flexibility index (Phi) is 2.20. The van der Waals surface area contributed by atoms with Crippen molar-refractivity contribution >= 4 is 11.8 Å². The van der Waals surface area contributed by atoms with Gasteiger partial charge in [-0.2, -0.15) is 11.8 Å². The summed E-state index contributed by atoms with van der Waals surface area (Å²) in [7, 11) is 0. The highest BCUT2D eigenvalue weighted by Gasteiger charge is 2.23. The fraction of sp³-hybridized carbons (Fsp3) is 1.00. The minimum Gasteiger partial charge on any atom is -0.327 e. The number of hydrogen-bond acceptors (Lipinski definition) is 2. The van der Waals surface area contributed by atoms with E-state index in [0.717, 1.165) is 11.7 Å². The molecule has 0 aliphatic carbocycles. The van der Waals surface area contributed by atoms with E-state index in [2.05, 4.69) is 6.92 Å². The number of thioether (sulfide) groups is 1. The lowest BCUT2D eigenvalue weighted by Crippen LogP contribution is -2.36. The quantitative estimate of drug-likeness (QED) is 0.610. The smallest absolute Gasteiger partial charge is 0.0206 e. The third-order valence-corrected chi connectivity index (χ3v) is 3.17. The molecule has 0 amide bonds. The second kappa shape index (κ2) is 2.74. The van der Waals surface area contributed by atoms with Crippen LogP contribution in [0.4, 0.5) is 0 Å². The fourth-order valence-corrected chi connectivity index (χ4v) is 1.80. The molecule has 1 aliphatic rings. The summed E-state index contributed by atoms with van der Waals surface area (Å²) < 4.78 is 0. The van der Waals surface area contributed by atoms with Crippen LogP contribution in [-0.4, -0.2) is 17.0 Å². The molecule has 2 heteroatoms. The summed E-state index contributed by atoms with van der Waals surface area (Å²) in [6, 6.07) is 0.466. The van der Waals surface area contributed by atoms with Gasteiger partial charge in [0.15, 0.2) is 0 Å². The lowest BCUT2D eigenvalue weighted by Gasteiger charge is -2.29. The van der Waals surface area contributed by atoms with Crippen LogP contribution in [0.5, 0.6) is 0 Å². The van der Waals surface area contributed by atoms with Crippen LogP contribution in [-0.2, 0) is 0 Å². The number of rotatable bonds is 2. The molecule has 0 aromatic rings. The van der Waals surface area contributed by atoms with Crippen molar-refractivity contribution in [3.8, 4) is 0 Å². The summed E-state index contributed by atoms with van der Waals surface area (Å²) in [6.07, 6.45) is 2.48. The zero-order valence-corrected chi connectivity index (χ0v) is 6.08. The molecule has 2 unspecified atom stereocenters. The van der Waals surface area contributed by atoms with Crippen LogP contribution in [0.3, 0.4) is 0 Å². The van der Waals surface area contributed by atoms with Gasteiger partial charge in [0.2, 0.25) is 0 Å². The SMILES string of the molecule is CCC(N)C1CCS1. The van der Waals surface area contributed by atoms with Gasteiger partial charge in [0.05, 0.1) is 0 Å². The minimum atomic E-state index is 0.466. The molecule has 1 nitrogen and oxygen atoms in total. The Bertz CT molecular complexity index is 68.2. The summed E-state index contributed by atoms with van der Waals surface area (Å²) in [5, 5.41) is 0.792. The van der Waals surface area contributed by atoms with Gasteiger partial charge in [-0.15, -0.1) is 0 Å². The van der Waals surface area contributed by atoms with Gasteiger partial charge in [0.25, 0.3) is 0 Å². The lowest BCUT2D eigenvalue weighted by molar-refractivity contribution is 0.584. The van der Waals surface area contributed by atoms with E-state index in [-0.39, 0.29) is 0 Å². The minimum absolute atomic E-state index is 0.466. The van der Waals surface area contributed by atoms with Crippen LogP contribution in [0.1, 0.15) is 19.8 Å². The van der Waals surface area contributed by atoms with Gasteiger partial charge in [-0.25, -0.2) is 0 Å². The van der Waals surface area contributed by atoms with Crippen LogP contribution in [0.25, 0.3) is 0 Å². The summed E-state index contributed by atoms with van der Waals surface area (Å²) in [6.45, 7) is 2.16. The predicted octanol–water partition coefficient (Wildman–Crippen LogP) is 1.23. The molecule has 2 N–H and O–H groups in total. The Balaban J connectivity index is 2.13. The van der Waals surface area contributed by atoms with Gasteiger partial charge in [-0.05, 0) is 18.6 Å². The summed E-state index contributed by atoms with van der Waals surface area (Å²) in [5.74, 6) is 1.33. The number of hydrogen-bond donors (Lipinski definition) is 1. The van der Waals surface area contributed by atoms with E-state index in [0.29, 0.717) is 6.04 Å². The van der Waals surface area contributed by atoms with Crippen molar-refractivity contribution in [2.75, 3.05) is 5.75 Å². The lowest BCUT2D eigenvalue weighted by atomic mass is 10.1. The zero-order chi connectivity index (χ0) is 5.98. The van der Waals surface area contributed by atoms with Crippen LogP contribution in [0, 0.1) is 0 Å². The van der Waals surface area contributed by atoms with Gasteiger partial charge in [-0.1, -0.05) is 6.92 Å². The maximum absolute atomic E-state index is 5.76. The Morgan fingerprint density at radius 1 is 1.88 bits per heavy atom. The van der Waals surface area contributed by atoms with Crippen LogP contribution in [0.2, 0.25) is 0 Å². The molecular weight excluding hydrogens is 118 g/mol. The summed E-state index contributed by atoms with van der Waals surface area (Å²) in [5.41, 5.74) is 5.76. The third-order valence-electron chi connectivity index (χ3n) is 1.68. The monoisotopic (exact) mass is 131 g/mol. The van der Waals surface area contributed by atoms with E-state index in [1.165, 1.54) is 12.2 Å². The highest BCUT2D eigenvalue weighted by Crippen LogP contribution is 2.30. The van der Waals surface area contributed by atoms with Crippen LogP contribution < -0.4 is 5.73 Å². The largest absolute Gasteiger partial charge is 0.327 e. The molecule has 1 aliphatic heterocycles. The molecule has 0 radical (unpaired) electrons. The first-order valence-electron chi connectivity index (χ1n) is 3.21. The first kappa shape index (κ1) is 6.43. The molecule has 1 fully saturated rings. The van der Waals surface area contributed by atoms with E-state index >= 15 is 0 Å². The molecule has 0 aromatic heterocycles. The van der Waals surface area contributed by atoms with Crippen LogP contribution >= 0.6 is 11.8 Å². The highest BCUT2D eigenvalue weighted by molar-refractivity contribution is 8.01. The molecular formula is C6H13NS. The average molecular weight is 131 g/mol. The van der Waals surface area contributed by atoms with Gasteiger partial charge in [0.1, 0.15) is 0 Å². The van der Waals surface area contributed by atoms with E-state index < -0.39 is 0 Å². The maximum atomic E-state index is 5.76. The van der Waals surface area contributed by atoms with Crippen molar-refractivity contribution < 1.29 is 0 Å². The average Bonchev–Trinajstić information content (AvgIpc) is 1.62. The van der Waals surface area contributed by atoms with Crippen molar-refractivity contribution in [3.05, 3.63) is 0 Å². The zero-order valence-electron chi connectivity index (χ0n) is 5.26. The molecule has 1 rings (SSSR count). The fourth-order valence-electron chi connectivity index (χ4n) is 0.854. The van der Waals surface area contributed by atoms with Gasteiger partial charge in [-0.3, -0.25) is 0 Å². The number of nitrogens with two attached hydrogens (primary N) is 1. The van der Waals surface area contributed by atoms with Crippen molar-refractivity contribution in [2.45, 2.75) is 31.1 Å². The predicted molar refractivity (Wildman–Crippen MR) is 39.1 cm³/mol. The van der Waals surface area contributed by atoms with Gasteiger partial charge in [0, 0.05) is 11.3 Å². The molecule has 1 heterocycles. The Hall–Kier alpha value is 0.310. The Labute approximate surface area is 55.0 Å². The summed E-state index contributed by atoms with van der Waals surface area (Å²) in [4.78, 5) is 0. The third kappa shape index (κ3) is 1.17.